The van der Waals surface area contributed by atoms with Crippen LogP contribution in [0.5, 0.6) is 0 Å². The Kier molecular flexibility index (Phi) is 2.69. The molecular formula is C10H12N2O3S. The molecule has 2 N–H and O–H groups in total. The van der Waals surface area contributed by atoms with Gasteiger partial charge in [0.25, 0.3) is 15.9 Å². The van der Waals surface area contributed by atoms with Gasteiger partial charge in [0.2, 0.25) is 0 Å². The average molecular weight is 240 g/mol. The first kappa shape index (κ1) is 11.1. The molecule has 0 aliphatic carbocycles. The van der Waals surface area contributed by atoms with Gasteiger partial charge >= 0.3 is 0 Å². The Morgan fingerprint density at radius 2 is 1.94 bits per heavy atom. The van der Waals surface area contributed by atoms with E-state index in [0.717, 1.165) is 4.31 Å². The van der Waals surface area contributed by atoms with Gasteiger partial charge in [0, 0.05) is 6.54 Å². The maximum absolute atomic E-state index is 12.0. The lowest BCUT2D eigenvalue weighted by Crippen LogP contribution is -2.32. The second-order valence-corrected chi connectivity index (χ2v) is 5.35. The molecule has 1 amide bonds. The Morgan fingerprint density at radius 1 is 1.25 bits per heavy atom. The summed E-state index contributed by atoms with van der Waals surface area (Å²) >= 11 is 0. The fourth-order valence-electron chi connectivity index (χ4n) is 1.69. The Balaban J connectivity index is 2.46. The second-order valence-electron chi connectivity index (χ2n) is 3.52. The van der Waals surface area contributed by atoms with Gasteiger partial charge in [0.1, 0.15) is 4.90 Å². The predicted molar refractivity (Wildman–Crippen MR) is 58.3 cm³/mol. The summed E-state index contributed by atoms with van der Waals surface area (Å²) in [4.78, 5) is 11.9. The zero-order valence-electron chi connectivity index (χ0n) is 8.59. The molecule has 0 fully saturated rings. The van der Waals surface area contributed by atoms with Crippen molar-refractivity contribution in [3.63, 3.8) is 0 Å². The van der Waals surface area contributed by atoms with Crippen LogP contribution in [-0.4, -0.2) is 31.7 Å². The number of hydrogen-bond acceptors (Lipinski definition) is 4. The van der Waals surface area contributed by atoms with Gasteiger partial charge in [-0.3, -0.25) is 4.79 Å². The van der Waals surface area contributed by atoms with Crippen molar-refractivity contribution in [3.05, 3.63) is 29.8 Å². The zero-order valence-corrected chi connectivity index (χ0v) is 9.40. The van der Waals surface area contributed by atoms with Crippen molar-refractivity contribution < 1.29 is 13.2 Å². The van der Waals surface area contributed by atoms with E-state index in [4.69, 9.17) is 5.73 Å². The number of amides is 1. The largest absolute Gasteiger partial charge is 0.330 e. The highest BCUT2D eigenvalue weighted by molar-refractivity contribution is 7.90. The van der Waals surface area contributed by atoms with Crippen LogP contribution in [0, 0.1) is 0 Å². The standard InChI is InChI=1S/C10H12N2O3S/c11-6-3-7-12-10(13)8-4-1-2-5-9(8)16(12,14)15/h1-2,4-5H,3,6-7,11H2. The molecule has 2 rings (SSSR count). The SMILES string of the molecule is NCCCN1C(=O)c2ccccc2S1(=O)=O. The molecule has 0 atom stereocenters. The van der Waals surface area contributed by atoms with Gasteiger partial charge < -0.3 is 5.73 Å². The summed E-state index contributed by atoms with van der Waals surface area (Å²) in [6, 6.07) is 6.23. The number of nitrogens with zero attached hydrogens (tertiary/aromatic N) is 1. The molecular weight excluding hydrogens is 228 g/mol. The lowest BCUT2D eigenvalue weighted by Gasteiger charge is -2.13. The normalized spacial score (nSPS) is 17.6. The Labute approximate surface area is 93.9 Å². The number of nitrogens with two attached hydrogens (primary N) is 1. The lowest BCUT2D eigenvalue weighted by molar-refractivity contribution is 0.0870. The van der Waals surface area contributed by atoms with Crippen LogP contribution in [0.4, 0.5) is 0 Å². The predicted octanol–water partition coefficient (Wildman–Crippen LogP) is 0.180. The van der Waals surface area contributed by atoms with E-state index in [1.54, 1.807) is 12.1 Å². The maximum Gasteiger partial charge on any atom is 0.269 e. The summed E-state index contributed by atoms with van der Waals surface area (Å²) in [5, 5.41) is 0. The lowest BCUT2D eigenvalue weighted by atomic mass is 10.2. The highest BCUT2D eigenvalue weighted by Crippen LogP contribution is 2.29. The van der Waals surface area contributed by atoms with Gasteiger partial charge in [-0.15, -0.1) is 0 Å². The first-order valence-electron chi connectivity index (χ1n) is 4.95. The molecule has 1 aromatic carbocycles. The molecule has 86 valence electrons. The summed E-state index contributed by atoms with van der Waals surface area (Å²) < 4.78 is 24.8. The summed E-state index contributed by atoms with van der Waals surface area (Å²) in [6.07, 6.45) is 0.471. The topological polar surface area (TPSA) is 80.5 Å². The molecule has 0 radical (unpaired) electrons. The number of sulfonamides is 1. The van der Waals surface area contributed by atoms with E-state index in [9.17, 15) is 13.2 Å². The molecule has 0 saturated heterocycles. The van der Waals surface area contributed by atoms with Crippen LogP contribution in [0.1, 0.15) is 16.8 Å². The van der Waals surface area contributed by atoms with Crippen molar-refractivity contribution in [2.75, 3.05) is 13.1 Å². The van der Waals surface area contributed by atoms with E-state index < -0.39 is 15.9 Å². The van der Waals surface area contributed by atoms with Crippen LogP contribution in [0.25, 0.3) is 0 Å². The number of carbonyl (C=O) groups excluding carboxylic acids is 1. The van der Waals surface area contributed by atoms with E-state index in [0.29, 0.717) is 13.0 Å². The number of carbonyl (C=O) groups is 1. The van der Waals surface area contributed by atoms with E-state index in [2.05, 4.69) is 0 Å². The third kappa shape index (κ3) is 1.50. The molecule has 1 aliphatic rings. The molecule has 1 heterocycles. The fraction of sp³-hybridized carbons (Fsp3) is 0.300. The van der Waals surface area contributed by atoms with Gasteiger partial charge in [0.05, 0.1) is 5.56 Å². The Hall–Kier alpha value is -1.40. The van der Waals surface area contributed by atoms with Gasteiger partial charge in [-0.1, -0.05) is 12.1 Å². The van der Waals surface area contributed by atoms with E-state index in [-0.39, 0.29) is 17.0 Å². The van der Waals surface area contributed by atoms with Crippen LogP contribution in [-0.2, 0) is 10.0 Å². The highest BCUT2D eigenvalue weighted by atomic mass is 32.2. The highest BCUT2D eigenvalue weighted by Gasteiger charge is 2.40. The number of hydrogen-bond donors (Lipinski definition) is 1. The van der Waals surface area contributed by atoms with Crippen molar-refractivity contribution in [1.29, 1.82) is 0 Å². The van der Waals surface area contributed by atoms with Crippen molar-refractivity contribution in [1.82, 2.24) is 4.31 Å². The number of benzene rings is 1. The van der Waals surface area contributed by atoms with E-state index in [1.807, 2.05) is 0 Å². The average Bonchev–Trinajstić information content (AvgIpc) is 2.46. The molecule has 0 spiro atoms. The molecule has 0 bridgehead atoms. The van der Waals surface area contributed by atoms with Crippen LogP contribution < -0.4 is 5.73 Å². The molecule has 16 heavy (non-hydrogen) atoms. The van der Waals surface area contributed by atoms with E-state index in [1.165, 1.54) is 12.1 Å². The van der Waals surface area contributed by atoms with Gasteiger partial charge in [-0.25, -0.2) is 12.7 Å². The van der Waals surface area contributed by atoms with Crippen molar-refractivity contribution in [2.45, 2.75) is 11.3 Å². The quantitative estimate of drug-likeness (QED) is 0.817. The summed E-state index contributed by atoms with van der Waals surface area (Å²) in [5.74, 6) is -0.455. The van der Waals surface area contributed by atoms with Crippen molar-refractivity contribution >= 4 is 15.9 Å². The second kappa shape index (κ2) is 3.88. The van der Waals surface area contributed by atoms with Crippen LogP contribution in [0.3, 0.4) is 0 Å². The maximum atomic E-state index is 12.0. The van der Waals surface area contributed by atoms with Gasteiger partial charge in [-0.05, 0) is 25.1 Å². The van der Waals surface area contributed by atoms with Gasteiger partial charge in [-0.2, -0.15) is 0 Å². The first-order valence-corrected chi connectivity index (χ1v) is 6.39. The summed E-state index contributed by atoms with van der Waals surface area (Å²) in [7, 11) is -3.64. The molecule has 1 aromatic rings. The molecule has 0 unspecified atom stereocenters. The van der Waals surface area contributed by atoms with Crippen LogP contribution in [0.15, 0.2) is 29.2 Å². The fourth-order valence-corrected chi connectivity index (χ4v) is 3.29. The first-order chi connectivity index (χ1) is 7.59. The minimum atomic E-state index is -3.64. The third-order valence-electron chi connectivity index (χ3n) is 2.48. The number of rotatable bonds is 3. The summed E-state index contributed by atoms with van der Waals surface area (Å²) in [6.45, 7) is 0.502. The molecule has 5 nitrogen and oxygen atoms in total. The van der Waals surface area contributed by atoms with Crippen molar-refractivity contribution in [3.8, 4) is 0 Å². The molecule has 1 aliphatic heterocycles. The van der Waals surface area contributed by atoms with E-state index >= 15 is 0 Å². The van der Waals surface area contributed by atoms with Crippen molar-refractivity contribution in [2.24, 2.45) is 5.73 Å². The minimum absolute atomic E-state index is 0.0945. The van der Waals surface area contributed by atoms with Crippen LogP contribution >= 0.6 is 0 Å². The Bertz CT molecular complexity index is 525. The smallest absolute Gasteiger partial charge is 0.269 e. The molecule has 0 saturated carbocycles. The third-order valence-corrected chi connectivity index (χ3v) is 4.32. The molecule has 0 aromatic heterocycles. The monoisotopic (exact) mass is 240 g/mol. The van der Waals surface area contributed by atoms with Gasteiger partial charge in [0.15, 0.2) is 0 Å². The number of fused-ring (bicyclic) bond motifs is 1. The zero-order chi connectivity index (χ0) is 11.8. The Morgan fingerprint density at radius 3 is 2.56 bits per heavy atom. The summed E-state index contributed by atoms with van der Waals surface area (Å²) in [5.41, 5.74) is 5.56. The van der Waals surface area contributed by atoms with Crippen LogP contribution in [0.2, 0.25) is 0 Å². The minimum Gasteiger partial charge on any atom is -0.330 e. The molecule has 6 heteroatoms.